The second-order valence-electron chi connectivity index (χ2n) is 4.45. The first-order chi connectivity index (χ1) is 7.25. The SMILES string of the molecule is CCOC1(C(N)CCCOC)CCCC1. The molecule has 1 rings (SSSR count). The van der Waals surface area contributed by atoms with Crippen molar-refractivity contribution in [1.29, 1.82) is 0 Å². The maximum Gasteiger partial charge on any atom is 0.0832 e. The molecule has 3 nitrogen and oxygen atoms in total. The summed E-state index contributed by atoms with van der Waals surface area (Å²) in [5.41, 5.74) is 6.23. The zero-order valence-electron chi connectivity index (χ0n) is 10.1. The summed E-state index contributed by atoms with van der Waals surface area (Å²) in [4.78, 5) is 0. The van der Waals surface area contributed by atoms with Gasteiger partial charge in [0.05, 0.1) is 5.60 Å². The largest absolute Gasteiger partial charge is 0.385 e. The van der Waals surface area contributed by atoms with Crippen molar-refractivity contribution in [3.8, 4) is 0 Å². The fraction of sp³-hybridized carbons (Fsp3) is 1.00. The van der Waals surface area contributed by atoms with Gasteiger partial charge in [-0.25, -0.2) is 0 Å². The number of ether oxygens (including phenoxy) is 2. The highest BCUT2D eigenvalue weighted by molar-refractivity contribution is 4.95. The van der Waals surface area contributed by atoms with Crippen molar-refractivity contribution in [2.24, 2.45) is 5.73 Å². The van der Waals surface area contributed by atoms with Crippen molar-refractivity contribution in [3.63, 3.8) is 0 Å². The first kappa shape index (κ1) is 12.9. The van der Waals surface area contributed by atoms with E-state index in [1.54, 1.807) is 7.11 Å². The summed E-state index contributed by atoms with van der Waals surface area (Å²) in [5.74, 6) is 0. The molecule has 0 saturated heterocycles. The molecule has 1 aliphatic carbocycles. The van der Waals surface area contributed by atoms with Crippen LogP contribution in [0.2, 0.25) is 0 Å². The third-order valence-corrected chi connectivity index (χ3v) is 3.42. The standard InChI is InChI=1S/C12H25NO2/c1-3-15-12(8-4-5-9-12)11(13)7-6-10-14-2/h11H,3-10,13H2,1-2H3. The molecule has 0 heterocycles. The number of nitrogens with two attached hydrogens (primary N) is 1. The zero-order valence-corrected chi connectivity index (χ0v) is 10.1. The third kappa shape index (κ3) is 3.44. The van der Waals surface area contributed by atoms with E-state index in [2.05, 4.69) is 6.92 Å². The Morgan fingerprint density at radius 2 is 2.00 bits per heavy atom. The quantitative estimate of drug-likeness (QED) is 0.661. The lowest BCUT2D eigenvalue weighted by Gasteiger charge is -2.35. The Labute approximate surface area is 93.3 Å². The van der Waals surface area contributed by atoms with Crippen molar-refractivity contribution in [3.05, 3.63) is 0 Å². The van der Waals surface area contributed by atoms with E-state index in [4.69, 9.17) is 15.2 Å². The van der Waals surface area contributed by atoms with Crippen LogP contribution < -0.4 is 5.73 Å². The van der Waals surface area contributed by atoms with E-state index < -0.39 is 0 Å². The molecule has 0 spiro atoms. The molecule has 0 aromatic rings. The molecule has 2 N–H and O–H groups in total. The highest BCUT2D eigenvalue weighted by Crippen LogP contribution is 2.36. The summed E-state index contributed by atoms with van der Waals surface area (Å²) in [6, 6.07) is 0.176. The summed E-state index contributed by atoms with van der Waals surface area (Å²) in [6.07, 6.45) is 6.83. The lowest BCUT2D eigenvalue weighted by atomic mass is 9.89. The van der Waals surface area contributed by atoms with Gasteiger partial charge in [0, 0.05) is 26.4 Å². The molecule has 1 fully saturated rings. The lowest BCUT2D eigenvalue weighted by molar-refractivity contribution is -0.0553. The molecule has 1 unspecified atom stereocenters. The van der Waals surface area contributed by atoms with E-state index >= 15 is 0 Å². The van der Waals surface area contributed by atoms with Gasteiger partial charge in [0.15, 0.2) is 0 Å². The van der Waals surface area contributed by atoms with Crippen molar-refractivity contribution < 1.29 is 9.47 Å². The Balaban J connectivity index is 2.40. The van der Waals surface area contributed by atoms with Crippen LogP contribution in [0, 0.1) is 0 Å². The van der Waals surface area contributed by atoms with Crippen LogP contribution in [0.1, 0.15) is 45.4 Å². The normalized spacial score (nSPS) is 21.8. The predicted molar refractivity (Wildman–Crippen MR) is 61.9 cm³/mol. The smallest absolute Gasteiger partial charge is 0.0832 e. The van der Waals surface area contributed by atoms with Gasteiger partial charge in [0.2, 0.25) is 0 Å². The first-order valence-electron chi connectivity index (χ1n) is 6.13. The summed E-state index contributed by atoms with van der Waals surface area (Å²) in [6.45, 7) is 3.63. The van der Waals surface area contributed by atoms with Gasteiger partial charge in [-0.1, -0.05) is 12.8 Å². The molecule has 0 amide bonds. The Morgan fingerprint density at radius 3 is 2.53 bits per heavy atom. The summed E-state index contributed by atoms with van der Waals surface area (Å²) in [5, 5.41) is 0. The van der Waals surface area contributed by atoms with Gasteiger partial charge in [0.1, 0.15) is 0 Å². The van der Waals surface area contributed by atoms with Gasteiger partial charge >= 0.3 is 0 Å². The van der Waals surface area contributed by atoms with Gasteiger partial charge < -0.3 is 15.2 Å². The van der Waals surface area contributed by atoms with E-state index in [-0.39, 0.29) is 11.6 Å². The van der Waals surface area contributed by atoms with Crippen LogP contribution >= 0.6 is 0 Å². The average Bonchev–Trinajstić information content (AvgIpc) is 2.68. The van der Waals surface area contributed by atoms with Crippen LogP contribution in [0.4, 0.5) is 0 Å². The van der Waals surface area contributed by atoms with Gasteiger partial charge in [-0.05, 0) is 32.6 Å². The van der Waals surface area contributed by atoms with Crippen molar-refractivity contribution in [1.82, 2.24) is 0 Å². The molecular formula is C12H25NO2. The molecule has 0 radical (unpaired) electrons. The third-order valence-electron chi connectivity index (χ3n) is 3.42. The maximum atomic E-state index is 6.26. The van der Waals surface area contributed by atoms with Crippen LogP contribution in [-0.4, -0.2) is 32.0 Å². The molecule has 1 aliphatic rings. The number of hydrogen-bond acceptors (Lipinski definition) is 3. The minimum atomic E-state index is -0.0253. The highest BCUT2D eigenvalue weighted by Gasteiger charge is 2.39. The van der Waals surface area contributed by atoms with Crippen LogP contribution in [0.3, 0.4) is 0 Å². The summed E-state index contributed by atoms with van der Waals surface area (Å²) in [7, 11) is 1.74. The lowest BCUT2D eigenvalue weighted by Crippen LogP contribution is -2.48. The molecule has 0 bridgehead atoms. The van der Waals surface area contributed by atoms with Crippen molar-refractivity contribution >= 4 is 0 Å². The Hall–Kier alpha value is -0.120. The molecule has 0 aromatic heterocycles. The van der Waals surface area contributed by atoms with Crippen LogP contribution in [-0.2, 0) is 9.47 Å². The van der Waals surface area contributed by atoms with Gasteiger partial charge in [-0.3, -0.25) is 0 Å². The Bertz CT molecular complexity index is 167. The number of methoxy groups -OCH3 is 1. The zero-order chi connectivity index (χ0) is 11.1. The highest BCUT2D eigenvalue weighted by atomic mass is 16.5. The van der Waals surface area contributed by atoms with Crippen LogP contribution in [0.15, 0.2) is 0 Å². The molecule has 90 valence electrons. The topological polar surface area (TPSA) is 44.5 Å². The monoisotopic (exact) mass is 215 g/mol. The van der Waals surface area contributed by atoms with Gasteiger partial charge in [0.25, 0.3) is 0 Å². The minimum absolute atomic E-state index is 0.0253. The fourth-order valence-corrected chi connectivity index (χ4v) is 2.59. The Morgan fingerprint density at radius 1 is 1.33 bits per heavy atom. The molecular weight excluding hydrogens is 190 g/mol. The molecule has 1 atom stereocenters. The van der Waals surface area contributed by atoms with Crippen molar-refractivity contribution in [2.45, 2.75) is 57.1 Å². The Kier molecular flexibility index (Phi) is 5.58. The van der Waals surface area contributed by atoms with Crippen LogP contribution in [0.5, 0.6) is 0 Å². The number of rotatable bonds is 7. The van der Waals surface area contributed by atoms with Crippen molar-refractivity contribution in [2.75, 3.05) is 20.3 Å². The first-order valence-corrected chi connectivity index (χ1v) is 6.13. The molecule has 0 aromatic carbocycles. The average molecular weight is 215 g/mol. The second kappa shape index (κ2) is 6.46. The summed E-state index contributed by atoms with van der Waals surface area (Å²) < 4.78 is 11.0. The number of hydrogen-bond donors (Lipinski definition) is 1. The van der Waals surface area contributed by atoms with E-state index in [1.807, 2.05) is 0 Å². The maximum absolute atomic E-state index is 6.26. The van der Waals surface area contributed by atoms with Gasteiger partial charge in [-0.15, -0.1) is 0 Å². The summed E-state index contributed by atoms with van der Waals surface area (Å²) >= 11 is 0. The molecule has 3 heteroatoms. The minimum Gasteiger partial charge on any atom is -0.385 e. The molecule has 1 saturated carbocycles. The van der Waals surface area contributed by atoms with E-state index in [0.717, 1.165) is 38.9 Å². The van der Waals surface area contributed by atoms with E-state index in [1.165, 1.54) is 12.8 Å². The van der Waals surface area contributed by atoms with Crippen LogP contribution in [0.25, 0.3) is 0 Å². The predicted octanol–water partition coefficient (Wildman–Crippen LogP) is 2.09. The van der Waals surface area contributed by atoms with E-state index in [0.29, 0.717) is 0 Å². The second-order valence-corrected chi connectivity index (χ2v) is 4.45. The fourth-order valence-electron chi connectivity index (χ4n) is 2.59. The molecule has 15 heavy (non-hydrogen) atoms. The molecule has 0 aliphatic heterocycles. The van der Waals surface area contributed by atoms with E-state index in [9.17, 15) is 0 Å². The van der Waals surface area contributed by atoms with Gasteiger partial charge in [-0.2, -0.15) is 0 Å².